The Hall–Kier alpha value is -0.0800. The summed E-state index contributed by atoms with van der Waals surface area (Å²) in [5.74, 6) is 0. The van der Waals surface area contributed by atoms with E-state index < -0.39 is 0 Å². The van der Waals surface area contributed by atoms with E-state index >= 15 is 0 Å². The third-order valence-corrected chi connectivity index (χ3v) is 2.17. The molecular weight excluding hydrogens is 126 g/mol. The number of nitrogens with one attached hydrogen (secondary N) is 1. The normalized spacial score (nSPS) is 31.8. The van der Waals surface area contributed by atoms with Gasteiger partial charge in [-0.1, -0.05) is 13.8 Å². The maximum atomic E-state index is 8.94. The van der Waals surface area contributed by atoms with Crippen LogP contribution in [0.1, 0.15) is 27.2 Å². The lowest BCUT2D eigenvalue weighted by atomic mass is 10.2. The SMILES string of the molecule is C[C@@H](O)CNC1CC1(C)C. The highest BCUT2D eigenvalue weighted by Gasteiger charge is 2.44. The number of hydrogen-bond acceptors (Lipinski definition) is 2. The summed E-state index contributed by atoms with van der Waals surface area (Å²) in [6.07, 6.45) is 1.04. The van der Waals surface area contributed by atoms with Gasteiger partial charge >= 0.3 is 0 Å². The number of hydrogen-bond donors (Lipinski definition) is 2. The highest BCUT2D eigenvalue weighted by Crippen LogP contribution is 2.44. The fraction of sp³-hybridized carbons (Fsp3) is 1.00. The van der Waals surface area contributed by atoms with Gasteiger partial charge in [-0.25, -0.2) is 0 Å². The van der Waals surface area contributed by atoms with Crippen LogP contribution in [-0.2, 0) is 0 Å². The number of aliphatic hydroxyl groups excluding tert-OH is 1. The Labute approximate surface area is 62.6 Å². The molecule has 1 unspecified atom stereocenters. The van der Waals surface area contributed by atoms with Gasteiger partial charge in [0.25, 0.3) is 0 Å². The van der Waals surface area contributed by atoms with Crippen molar-refractivity contribution in [3.05, 3.63) is 0 Å². The molecule has 0 aliphatic heterocycles. The van der Waals surface area contributed by atoms with Crippen LogP contribution in [0.25, 0.3) is 0 Å². The van der Waals surface area contributed by atoms with Crippen LogP contribution in [0.3, 0.4) is 0 Å². The fourth-order valence-corrected chi connectivity index (χ4v) is 1.13. The molecule has 0 amide bonds. The number of rotatable bonds is 3. The Balaban J connectivity index is 2.07. The summed E-state index contributed by atoms with van der Waals surface area (Å²) < 4.78 is 0. The molecule has 1 aliphatic rings. The van der Waals surface area contributed by atoms with Crippen molar-refractivity contribution >= 4 is 0 Å². The lowest BCUT2D eigenvalue weighted by Crippen LogP contribution is -2.28. The monoisotopic (exact) mass is 143 g/mol. The van der Waals surface area contributed by atoms with Crippen molar-refractivity contribution in [1.29, 1.82) is 0 Å². The summed E-state index contributed by atoms with van der Waals surface area (Å²) in [5, 5.41) is 12.2. The first-order chi connectivity index (χ1) is 4.52. The molecule has 2 heteroatoms. The molecule has 0 aromatic rings. The van der Waals surface area contributed by atoms with Crippen molar-refractivity contribution < 1.29 is 5.11 Å². The van der Waals surface area contributed by atoms with E-state index in [1.165, 1.54) is 6.42 Å². The highest BCUT2D eigenvalue weighted by atomic mass is 16.3. The first-order valence-corrected chi connectivity index (χ1v) is 3.94. The maximum absolute atomic E-state index is 8.94. The van der Waals surface area contributed by atoms with E-state index in [0.29, 0.717) is 11.5 Å². The Morgan fingerprint density at radius 1 is 1.70 bits per heavy atom. The van der Waals surface area contributed by atoms with Crippen LogP contribution < -0.4 is 5.32 Å². The summed E-state index contributed by atoms with van der Waals surface area (Å²) in [7, 11) is 0. The van der Waals surface area contributed by atoms with Gasteiger partial charge < -0.3 is 10.4 Å². The van der Waals surface area contributed by atoms with Crippen molar-refractivity contribution in [1.82, 2.24) is 5.32 Å². The minimum atomic E-state index is -0.212. The molecule has 0 bridgehead atoms. The smallest absolute Gasteiger partial charge is 0.0636 e. The molecule has 10 heavy (non-hydrogen) atoms. The molecule has 2 nitrogen and oxygen atoms in total. The molecule has 2 N–H and O–H groups in total. The molecule has 60 valence electrons. The van der Waals surface area contributed by atoms with Crippen molar-refractivity contribution in [2.45, 2.75) is 39.3 Å². The first kappa shape index (κ1) is 8.02. The molecule has 1 rings (SSSR count). The standard InChI is InChI=1S/C8H17NO/c1-6(10)5-9-7-4-8(7,2)3/h6-7,9-10H,4-5H2,1-3H3/t6-,7?/m1/s1. The van der Waals surface area contributed by atoms with Gasteiger partial charge in [0, 0.05) is 12.6 Å². The Morgan fingerprint density at radius 2 is 2.20 bits per heavy atom. The largest absolute Gasteiger partial charge is 0.392 e. The second-order valence-corrected chi connectivity index (χ2v) is 4.00. The van der Waals surface area contributed by atoms with Gasteiger partial charge in [0.2, 0.25) is 0 Å². The molecular formula is C8H17NO. The first-order valence-electron chi connectivity index (χ1n) is 3.94. The van der Waals surface area contributed by atoms with E-state index in [4.69, 9.17) is 5.11 Å². The highest BCUT2D eigenvalue weighted by molar-refractivity contribution is 5.01. The van der Waals surface area contributed by atoms with Crippen LogP contribution in [0.5, 0.6) is 0 Å². The molecule has 0 aromatic carbocycles. The lowest BCUT2D eigenvalue weighted by Gasteiger charge is -2.07. The molecule has 0 spiro atoms. The van der Waals surface area contributed by atoms with Crippen molar-refractivity contribution in [3.8, 4) is 0 Å². The van der Waals surface area contributed by atoms with Crippen LogP contribution >= 0.6 is 0 Å². The quantitative estimate of drug-likeness (QED) is 0.611. The third-order valence-electron chi connectivity index (χ3n) is 2.17. The van der Waals surface area contributed by atoms with E-state index in [2.05, 4.69) is 19.2 Å². The minimum absolute atomic E-state index is 0.212. The van der Waals surface area contributed by atoms with Gasteiger partial charge in [-0.05, 0) is 18.8 Å². The molecule has 1 saturated carbocycles. The zero-order chi connectivity index (χ0) is 7.78. The molecule has 0 aromatic heterocycles. The summed E-state index contributed by atoms with van der Waals surface area (Å²) in [6, 6.07) is 0.641. The fourth-order valence-electron chi connectivity index (χ4n) is 1.13. The van der Waals surface area contributed by atoms with E-state index in [0.717, 1.165) is 6.54 Å². The van der Waals surface area contributed by atoms with Crippen LogP contribution in [0.2, 0.25) is 0 Å². The number of aliphatic hydroxyl groups is 1. The van der Waals surface area contributed by atoms with Gasteiger partial charge in [-0.15, -0.1) is 0 Å². The van der Waals surface area contributed by atoms with Crippen molar-refractivity contribution in [2.75, 3.05) is 6.54 Å². The van der Waals surface area contributed by atoms with Crippen LogP contribution in [0, 0.1) is 5.41 Å². The van der Waals surface area contributed by atoms with E-state index in [9.17, 15) is 0 Å². The van der Waals surface area contributed by atoms with Gasteiger partial charge in [0.15, 0.2) is 0 Å². The van der Waals surface area contributed by atoms with Crippen LogP contribution in [-0.4, -0.2) is 23.8 Å². The Morgan fingerprint density at radius 3 is 2.50 bits per heavy atom. The van der Waals surface area contributed by atoms with Crippen molar-refractivity contribution in [3.63, 3.8) is 0 Å². The minimum Gasteiger partial charge on any atom is -0.392 e. The van der Waals surface area contributed by atoms with Gasteiger partial charge in [-0.2, -0.15) is 0 Å². The molecule has 1 aliphatic carbocycles. The second kappa shape index (κ2) is 2.51. The maximum Gasteiger partial charge on any atom is 0.0636 e. The van der Waals surface area contributed by atoms with E-state index in [1.807, 2.05) is 6.92 Å². The summed E-state index contributed by atoms with van der Waals surface area (Å²) in [5.41, 5.74) is 0.481. The summed E-state index contributed by atoms with van der Waals surface area (Å²) in [6.45, 7) is 7.02. The summed E-state index contributed by atoms with van der Waals surface area (Å²) >= 11 is 0. The summed E-state index contributed by atoms with van der Waals surface area (Å²) in [4.78, 5) is 0. The topological polar surface area (TPSA) is 32.3 Å². The molecule has 0 saturated heterocycles. The lowest BCUT2D eigenvalue weighted by molar-refractivity contribution is 0.189. The van der Waals surface area contributed by atoms with E-state index in [1.54, 1.807) is 0 Å². The predicted octanol–water partition coefficient (Wildman–Crippen LogP) is 0.755. The Kier molecular flexibility index (Phi) is 2.02. The van der Waals surface area contributed by atoms with Crippen LogP contribution in [0.15, 0.2) is 0 Å². The average molecular weight is 143 g/mol. The van der Waals surface area contributed by atoms with Gasteiger partial charge in [0.05, 0.1) is 6.10 Å². The van der Waals surface area contributed by atoms with Gasteiger partial charge in [0.1, 0.15) is 0 Å². The zero-order valence-electron chi connectivity index (χ0n) is 7.02. The van der Waals surface area contributed by atoms with E-state index in [-0.39, 0.29) is 6.10 Å². The molecule has 2 atom stereocenters. The predicted molar refractivity (Wildman–Crippen MR) is 41.9 cm³/mol. The molecule has 0 heterocycles. The molecule has 0 radical (unpaired) electrons. The Bertz CT molecular complexity index is 120. The van der Waals surface area contributed by atoms with Crippen LogP contribution in [0.4, 0.5) is 0 Å². The average Bonchev–Trinajstić information content (AvgIpc) is 2.35. The van der Waals surface area contributed by atoms with Crippen molar-refractivity contribution in [2.24, 2.45) is 5.41 Å². The van der Waals surface area contributed by atoms with Gasteiger partial charge in [-0.3, -0.25) is 0 Å². The zero-order valence-corrected chi connectivity index (χ0v) is 7.02. The molecule has 1 fully saturated rings. The third kappa shape index (κ3) is 1.96. The second-order valence-electron chi connectivity index (χ2n) is 4.00.